The second kappa shape index (κ2) is 4.65. The summed E-state index contributed by atoms with van der Waals surface area (Å²) in [5.41, 5.74) is 1.94. The van der Waals surface area contributed by atoms with Crippen LogP contribution in [0.4, 0.5) is 8.78 Å². The lowest BCUT2D eigenvalue weighted by Crippen LogP contribution is -1.97. The molecule has 0 N–H and O–H groups in total. The van der Waals surface area contributed by atoms with Crippen LogP contribution in [0, 0.1) is 11.6 Å². The minimum Gasteiger partial charge on any atom is -0.340 e. The Hall–Kier alpha value is -1.90. The first-order valence-corrected chi connectivity index (χ1v) is 6.57. The highest BCUT2D eigenvalue weighted by atomic mass is 19.1. The molecule has 0 amide bonds. The molecule has 0 unspecified atom stereocenters. The van der Waals surface area contributed by atoms with E-state index in [0.29, 0.717) is 0 Å². The van der Waals surface area contributed by atoms with Gasteiger partial charge in [-0.2, -0.15) is 0 Å². The Morgan fingerprint density at radius 1 is 0.895 bits per heavy atom. The second-order valence-electron chi connectivity index (χ2n) is 4.83. The summed E-state index contributed by atoms with van der Waals surface area (Å²) in [6.45, 7) is 3.00. The average molecular weight is 259 g/mol. The smallest absolute Gasteiger partial charge is 0.123 e. The average Bonchev–Trinajstić information content (AvgIpc) is 2.69. The lowest BCUT2D eigenvalue weighted by Gasteiger charge is -2.06. The van der Waals surface area contributed by atoms with Crippen molar-refractivity contribution >= 4 is 21.8 Å². The molecule has 0 radical (unpaired) electrons. The fourth-order valence-electron chi connectivity index (χ4n) is 2.61. The van der Waals surface area contributed by atoms with Crippen LogP contribution < -0.4 is 0 Å². The van der Waals surface area contributed by atoms with Crippen molar-refractivity contribution in [3.8, 4) is 0 Å². The molecule has 3 heteroatoms. The predicted octanol–water partition coefficient (Wildman–Crippen LogP) is 4.87. The number of hydrogen-bond acceptors (Lipinski definition) is 0. The Balaban J connectivity index is 2.36. The molecular weight excluding hydrogens is 244 g/mol. The molecule has 1 aromatic heterocycles. The van der Waals surface area contributed by atoms with Crippen LogP contribution in [0.1, 0.15) is 19.8 Å². The molecular formula is C16H15F2N. The van der Waals surface area contributed by atoms with E-state index in [1.54, 1.807) is 12.1 Å². The molecule has 0 spiro atoms. The van der Waals surface area contributed by atoms with Gasteiger partial charge in [-0.25, -0.2) is 8.78 Å². The van der Waals surface area contributed by atoms with Crippen molar-refractivity contribution in [2.45, 2.75) is 26.3 Å². The lowest BCUT2D eigenvalue weighted by molar-refractivity contribution is 0.628. The summed E-state index contributed by atoms with van der Waals surface area (Å²) in [5, 5.41) is 1.57. The summed E-state index contributed by atoms with van der Waals surface area (Å²) >= 11 is 0. The Labute approximate surface area is 110 Å². The van der Waals surface area contributed by atoms with Gasteiger partial charge < -0.3 is 4.57 Å². The Bertz CT molecular complexity index is 684. The van der Waals surface area contributed by atoms with E-state index in [2.05, 4.69) is 11.5 Å². The summed E-state index contributed by atoms with van der Waals surface area (Å²) in [5.74, 6) is -0.572. The van der Waals surface area contributed by atoms with Gasteiger partial charge in [0.25, 0.3) is 0 Å². The third-order valence-corrected chi connectivity index (χ3v) is 3.52. The third-order valence-electron chi connectivity index (χ3n) is 3.52. The van der Waals surface area contributed by atoms with Crippen molar-refractivity contribution in [3.05, 3.63) is 48.0 Å². The Kier molecular flexibility index (Phi) is 2.97. The van der Waals surface area contributed by atoms with Crippen molar-refractivity contribution in [1.82, 2.24) is 4.57 Å². The maximum atomic E-state index is 13.4. The fraction of sp³-hybridized carbons (Fsp3) is 0.250. The zero-order valence-corrected chi connectivity index (χ0v) is 10.8. The van der Waals surface area contributed by atoms with E-state index in [0.717, 1.165) is 41.2 Å². The van der Waals surface area contributed by atoms with Gasteiger partial charge in [0.15, 0.2) is 0 Å². The molecule has 0 aliphatic carbocycles. The van der Waals surface area contributed by atoms with Crippen molar-refractivity contribution < 1.29 is 8.78 Å². The monoisotopic (exact) mass is 259 g/mol. The highest BCUT2D eigenvalue weighted by Gasteiger charge is 2.11. The van der Waals surface area contributed by atoms with Crippen LogP contribution in [-0.2, 0) is 6.54 Å². The van der Waals surface area contributed by atoms with Gasteiger partial charge in [-0.1, -0.05) is 13.3 Å². The van der Waals surface area contributed by atoms with Crippen LogP contribution in [0.5, 0.6) is 0 Å². The molecule has 19 heavy (non-hydrogen) atoms. The summed E-state index contributed by atoms with van der Waals surface area (Å²) in [7, 11) is 0. The number of fused-ring (bicyclic) bond motifs is 3. The highest BCUT2D eigenvalue weighted by Crippen LogP contribution is 2.30. The van der Waals surface area contributed by atoms with E-state index in [4.69, 9.17) is 0 Å². The predicted molar refractivity (Wildman–Crippen MR) is 74.3 cm³/mol. The minimum atomic E-state index is -0.286. The first-order chi connectivity index (χ1) is 9.20. The van der Waals surface area contributed by atoms with Crippen molar-refractivity contribution in [1.29, 1.82) is 0 Å². The number of aryl methyl sites for hydroxylation is 1. The van der Waals surface area contributed by atoms with Gasteiger partial charge in [0.2, 0.25) is 0 Å². The quantitative estimate of drug-likeness (QED) is 0.632. The van der Waals surface area contributed by atoms with Crippen molar-refractivity contribution in [3.63, 3.8) is 0 Å². The van der Waals surface area contributed by atoms with Crippen LogP contribution in [-0.4, -0.2) is 4.57 Å². The van der Waals surface area contributed by atoms with E-state index < -0.39 is 0 Å². The number of aromatic nitrogens is 1. The van der Waals surface area contributed by atoms with Gasteiger partial charge >= 0.3 is 0 Å². The number of benzene rings is 2. The van der Waals surface area contributed by atoms with Gasteiger partial charge in [0.05, 0.1) is 0 Å². The van der Waals surface area contributed by atoms with Crippen LogP contribution >= 0.6 is 0 Å². The zero-order valence-electron chi connectivity index (χ0n) is 10.8. The number of rotatable bonds is 3. The van der Waals surface area contributed by atoms with Crippen molar-refractivity contribution in [2.24, 2.45) is 0 Å². The standard InChI is InChI=1S/C16H15F2N/c1-2-3-8-19-15-6-4-11(17)9-13(15)14-10-12(18)5-7-16(14)19/h4-7,9-10H,2-3,8H2,1H3. The Morgan fingerprint density at radius 2 is 1.42 bits per heavy atom. The van der Waals surface area contributed by atoms with E-state index in [1.165, 1.54) is 24.3 Å². The molecule has 0 aliphatic heterocycles. The molecule has 3 aromatic rings. The first kappa shape index (κ1) is 12.2. The molecule has 0 aliphatic rings. The van der Waals surface area contributed by atoms with Gasteiger partial charge in [0.1, 0.15) is 11.6 Å². The molecule has 98 valence electrons. The normalized spacial score (nSPS) is 11.5. The second-order valence-corrected chi connectivity index (χ2v) is 4.83. The zero-order chi connectivity index (χ0) is 13.4. The molecule has 0 fully saturated rings. The number of unbranched alkanes of at least 4 members (excludes halogenated alkanes) is 1. The molecule has 2 aromatic carbocycles. The van der Waals surface area contributed by atoms with Crippen LogP contribution in [0.3, 0.4) is 0 Å². The topological polar surface area (TPSA) is 4.93 Å². The van der Waals surface area contributed by atoms with Crippen LogP contribution in [0.25, 0.3) is 21.8 Å². The summed E-state index contributed by atoms with van der Waals surface area (Å²) in [6, 6.07) is 9.44. The minimum absolute atomic E-state index is 0.286. The van der Waals surface area contributed by atoms with Gasteiger partial charge in [-0.3, -0.25) is 0 Å². The SMILES string of the molecule is CCCCn1c2ccc(F)cc2c2cc(F)ccc21. The van der Waals surface area contributed by atoms with Gasteiger partial charge in [0, 0.05) is 28.4 Å². The first-order valence-electron chi connectivity index (χ1n) is 6.57. The van der Waals surface area contributed by atoms with Crippen molar-refractivity contribution in [2.75, 3.05) is 0 Å². The molecule has 0 bridgehead atoms. The van der Waals surface area contributed by atoms with Crippen LogP contribution in [0.15, 0.2) is 36.4 Å². The third kappa shape index (κ3) is 1.99. The fourth-order valence-corrected chi connectivity index (χ4v) is 2.61. The van der Waals surface area contributed by atoms with E-state index in [-0.39, 0.29) is 11.6 Å². The maximum Gasteiger partial charge on any atom is 0.123 e. The molecule has 0 atom stereocenters. The summed E-state index contributed by atoms with van der Waals surface area (Å²) in [6.07, 6.45) is 2.14. The molecule has 0 saturated heterocycles. The highest BCUT2D eigenvalue weighted by molar-refractivity contribution is 6.08. The number of halogens is 2. The maximum absolute atomic E-state index is 13.4. The molecule has 3 rings (SSSR count). The van der Waals surface area contributed by atoms with E-state index >= 15 is 0 Å². The molecule has 1 nitrogen and oxygen atoms in total. The van der Waals surface area contributed by atoms with E-state index in [1.807, 2.05) is 0 Å². The number of hydrogen-bond donors (Lipinski definition) is 0. The summed E-state index contributed by atoms with van der Waals surface area (Å²) < 4.78 is 29.0. The number of nitrogens with zero attached hydrogens (tertiary/aromatic N) is 1. The summed E-state index contributed by atoms with van der Waals surface area (Å²) in [4.78, 5) is 0. The van der Waals surface area contributed by atoms with Gasteiger partial charge in [-0.05, 0) is 42.8 Å². The van der Waals surface area contributed by atoms with E-state index in [9.17, 15) is 8.78 Å². The largest absolute Gasteiger partial charge is 0.340 e. The lowest BCUT2D eigenvalue weighted by atomic mass is 10.1. The molecule has 0 saturated carbocycles. The van der Waals surface area contributed by atoms with Crippen LogP contribution in [0.2, 0.25) is 0 Å². The van der Waals surface area contributed by atoms with Gasteiger partial charge in [-0.15, -0.1) is 0 Å². The molecule has 1 heterocycles. The Morgan fingerprint density at radius 3 is 1.89 bits per heavy atom.